The Morgan fingerprint density at radius 3 is 2.44 bits per heavy atom. The molecule has 0 bridgehead atoms. The van der Waals surface area contributed by atoms with E-state index in [1.807, 2.05) is 0 Å². The molecule has 98 valence electrons. The van der Waals surface area contributed by atoms with Gasteiger partial charge < -0.3 is 0 Å². The fourth-order valence-corrected chi connectivity index (χ4v) is 3.60. The van der Waals surface area contributed by atoms with Crippen molar-refractivity contribution in [2.75, 3.05) is 13.1 Å². The van der Waals surface area contributed by atoms with Crippen LogP contribution in [0.3, 0.4) is 0 Å². The Kier molecular flexibility index (Phi) is 3.49. The van der Waals surface area contributed by atoms with Crippen molar-refractivity contribution < 1.29 is 17.6 Å². The predicted octanol–water partition coefficient (Wildman–Crippen LogP) is 1.81. The Balaban J connectivity index is 2.49. The molecule has 18 heavy (non-hydrogen) atoms. The van der Waals surface area contributed by atoms with Crippen molar-refractivity contribution in [3.8, 4) is 0 Å². The number of rotatable bonds is 3. The number of sulfonamides is 1. The molecule has 0 amide bonds. The van der Waals surface area contributed by atoms with E-state index < -0.39 is 20.7 Å². The molecule has 4 nitrogen and oxygen atoms in total. The molecular formula is C12H14FNO3S. The van der Waals surface area contributed by atoms with Crippen LogP contribution in [-0.2, 0) is 10.0 Å². The topological polar surface area (TPSA) is 54.5 Å². The molecule has 0 aliphatic carbocycles. The van der Waals surface area contributed by atoms with Gasteiger partial charge in [0, 0.05) is 18.7 Å². The summed E-state index contributed by atoms with van der Waals surface area (Å²) in [5.41, 5.74) is 0.203. The van der Waals surface area contributed by atoms with Crippen molar-refractivity contribution in [2.24, 2.45) is 0 Å². The van der Waals surface area contributed by atoms with Crippen molar-refractivity contribution in [1.29, 1.82) is 0 Å². The van der Waals surface area contributed by atoms with Gasteiger partial charge >= 0.3 is 0 Å². The van der Waals surface area contributed by atoms with E-state index in [4.69, 9.17) is 0 Å². The number of ketones is 1. The Bertz CT molecular complexity index is 577. The Hall–Kier alpha value is -1.27. The van der Waals surface area contributed by atoms with Crippen LogP contribution in [0, 0.1) is 5.82 Å². The Morgan fingerprint density at radius 2 is 1.89 bits per heavy atom. The van der Waals surface area contributed by atoms with Crippen molar-refractivity contribution in [3.05, 3.63) is 29.6 Å². The molecule has 1 aliphatic heterocycles. The van der Waals surface area contributed by atoms with E-state index in [1.165, 1.54) is 17.3 Å². The molecule has 0 aromatic heterocycles. The zero-order valence-corrected chi connectivity index (χ0v) is 10.8. The molecule has 0 saturated carbocycles. The highest BCUT2D eigenvalue weighted by Gasteiger charge is 2.30. The first-order valence-electron chi connectivity index (χ1n) is 5.73. The number of nitrogens with zero attached hydrogens (tertiary/aromatic N) is 1. The van der Waals surface area contributed by atoms with Crippen LogP contribution in [0.1, 0.15) is 30.1 Å². The number of hydrogen-bond donors (Lipinski definition) is 0. The second-order valence-corrected chi connectivity index (χ2v) is 6.22. The number of benzene rings is 1. The second-order valence-electron chi connectivity index (χ2n) is 4.31. The van der Waals surface area contributed by atoms with Crippen molar-refractivity contribution in [2.45, 2.75) is 24.7 Å². The van der Waals surface area contributed by atoms with Gasteiger partial charge in [-0.3, -0.25) is 4.79 Å². The van der Waals surface area contributed by atoms with E-state index in [9.17, 15) is 17.6 Å². The van der Waals surface area contributed by atoms with Crippen molar-refractivity contribution >= 4 is 15.8 Å². The summed E-state index contributed by atoms with van der Waals surface area (Å²) in [6.45, 7) is 2.14. The van der Waals surface area contributed by atoms with Gasteiger partial charge in [0.25, 0.3) is 0 Å². The quantitative estimate of drug-likeness (QED) is 0.788. The SMILES string of the molecule is CC(=O)c1ccc(F)c(S(=O)(=O)N2CCCC2)c1. The molecule has 0 unspecified atom stereocenters. The first-order chi connectivity index (χ1) is 8.43. The molecular weight excluding hydrogens is 257 g/mol. The smallest absolute Gasteiger partial charge is 0.246 e. The van der Waals surface area contributed by atoms with Crippen LogP contribution in [0.15, 0.2) is 23.1 Å². The first-order valence-corrected chi connectivity index (χ1v) is 7.17. The van der Waals surface area contributed by atoms with E-state index in [0.29, 0.717) is 13.1 Å². The fraction of sp³-hybridized carbons (Fsp3) is 0.417. The minimum atomic E-state index is -3.82. The molecule has 0 spiro atoms. The van der Waals surface area contributed by atoms with E-state index >= 15 is 0 Å². The summed E-state index contributed by atoms with van der Waals surface area (Å²) in [6, 6.07) is 3.44. The average Bonchev–Trinajstić information content (AvgIpc) is 2.82. The van der Waals surface area contributed by atoms with Gasteiger partial charge in [-0.25, -0.2) is 12.8 Å². The number of carbonyl (C=O) groups excluding carboxylic acids is 1. The summed E-state index contributed by atoms with van der Waals surface area (Å²) in [4.78, 5) is 10.8. The van der Waals surface area contributed by atoms with E-state index in [0.717, 1.165) is 25.0 Å². The second kappa shape index (κ2) is 4.78. The summed E-state index contributed by atoms with van der Waals surface area (Å²) in [7, 11) is -3.82. The predicted molar refractivity (Wildman–Crippen MR) is 64.4 cm³/mol. The van der Waals surface area contributed by atoms with Gasteiger partial charge in [0.05, 0.1) is 0 Å². The van der Waals surface area contributed by atoms with Gasteiger partial charge in [-0.1, -0.05) is 0 Å². The molecule has 2 rings (SSSR count). The van der Waals surface area contributed by atoms with Gasteiger partial charge in [-0.05, 0) is 38.0 Å². The average molecular weight is 271 g/mol. The largest absolute Gasteiger partial charge is 0.295 e. The fourth-order valence-electron chi connectivity index (χ4n) is 1.99. The van der Waals surface area contributed by atoms with Crippen LogP contribution < -0.4 is 0 Å². The van der Waals surface area contributed by atoms with Crippen LogP contribution in [0.4, 0.5) is 4.39 Å². The lowest BCUT2D eigenvalue weighted by atomic mass is 10.1. The van der Waals surface area contributed by atoms with E-state index in [1.54, 1.807) is 0 Å². The third kappa shape index (κ3) is 2.30. The molecule has 1 fully saturated rings. The molecule has 0 atom stereocenters. The van der Waals surface area contributed by atoms with Gasteiger partial charge in [-0.15, -0.1) is 0 Å². The first kappa shape index (κ1) is 13.2. The zero-order chi connectivity index (χ0) is 13.3. The molecule has 0 radical (unpaired) electrons. The lowest BCUT2D eigenvalue weighted by Crippen LogP contribution is -2.28. The number of hydrogen-bond acceptors (Lipinski definition) is 3. The maximum absolute atomic E-state index is 13.7. The van der Waals surface area contributed by atoms with Crippen LogP contribution in [0.5, 0.6) is 0 Å². The highest BCUT2D eigenvalue weighted by Crippen LogP contribution is 2.24. The summed E-state index contributed by atoms with van der Waals surface area (Å²) >= 11 is 0. The van der Waals surface area contributed by atoms with Gasteiger partial charge in [-0.2, -0.15) is 4.31 Å². The molecule has 1 aliphatic rings. The minimum Gasteiger partial charge on any atom is -0.295 e. The number of Topliss-reactive ketones (excluding diaryl/α,β-unsaturated/α-hetero) is 1. The van der Waals surface area contributed by atoms with Crippen molar-refractivity contribution in [3.63, 3.8) is 0 Å². The standard InChI is InChI=1S/C12H14FNO3S/c1-9(15)10-4-5-11(13)12(8-10)18(16,17)14-6-2-3-7-14/h4-5,8H,2-3,6-7H2,1H3. The lowest BCUT2D eigenvalue weighted by Gasteiger charge is -2.16. The molecule has 0 N–H and O–H groups in total. The number of carbonyl (C=O) groups is 1. The van der Waals surface area contributed by atoms with E-state index in [-0.39, 0.29) is 11.3 Å². The minimum absolute atomic E-state index is 0.203. The van der Waals surface area contributed by atoms with Gasteiger partial charge in [0.2, 0.25) is 10.0 Å². The highest BCUT2D eigenvalue weighted by atomic mass is 32.2. The van der Waals surface area contributed by atoms with Crippen LogP contribution >= 0.6 is 0 Å². The molecule has 1 saturated heterocycles. The van der Waals surface area contributed by atoms with Crippen molar-refractivity contribution in [1.82, 2.24) is 4.31 Å². The third-order valence-electron chi connectivity index (χ3n) is 3.02. The van der Waals surface area contributed by atoms with Gasteiger partial charge in [0.15, 0.2) is 5.78 Å². The third-order valence-corrected chi connectivity index (χ3v) is 4.93. The molecule has 6 heteroatoms. The Labute approximate surface area is 105 Å². The zero-order valence-electron chi connectivity index (χ0n) is 10.0. The van der Waals surface area contributed by atoms with Crippen LogP contribution in [0.25, 0.3) is 0 Å². The monoisotopic (exact) mass is 271 g/mol. The maximum Gasteiger partial charge on any atom is 0.246 e. The lowest BCUT2D eigenvalue weighted by molar-refractivity contribution is 0.101. The molecule has 1 aromatic carbocycles. The van der Waals surface area contributed by atoms with Crippen LogP contribution in [0.2, 0.25) is 0 Å². The maximum atomic E-state index is 13.7. The highest BCUT2D eigenvalue weighted by molar-refractivity contribution is 7.89. The number of halogens is 1. The molecule has 1 aromatic rings. The molecule has 1 heterocycles. The van der Waals surface area contributed by atoms with E-state index in [2.05, 4.69) is 0 Å². The Morgan fingerprint density at radius 1 is 1.28 bits per heavy atom. The van der Waals surface area contributed by atoms with Crippen LogP contribution in [-0.4, -0.2) is 31.6 Å². The summed E-state index contributed by atoms with van der Waals surface area (Å²) in [6.07, 6.45) is 1.57. The van der Waals surface area contributed by atoms with Gasteiger partial charge in [0.1, 0.15) is 10.7 Å². The summed E-state index contributed by atoms with van der Waals surface area (Å²) in [5, 5.41) is 0. The normalized spacial score (nSPS) is 17.0. The summed E-state index contributed by atoms with van der Waals surface area (Å²) in [5.74, 6) is -1.10. The summed E-state index contributed by atoms with van der Waals surface area (Å²) < 4.78 is 39.3.